The molecule has 0 bridgehead atoms. The van der Waals surface area contributed by atoms with Gasteiger partial charge < -0.3 is 26.4 Å². The third-order valence-corrected chi connectivity index (χ3v) is 7.29. The molecule has 0 aliphatic rings. The maximum Gasteiger partial charge on any atom is 0.253 e. The second-order valence-electron chi connectivity index (χ2n) is 11.0. The Morgan fingerprint density at radius 1 is 0.911 bits per heavy atom. The third-order valence-electron chi connectivity index (χ3n) is 7.29. The quantitative estimate of drug-likeness (QED) is 0.187. The molecule has 0 aliphatic heterocycles. The Morgan fingerprint density at radius 3 is 2.22 bits per heavy atom. The first-order chi connectivity index (χ1) is 21.7. The predicted molar refractivity (Wildman–Crippen MR) is 174 cm³/mol. The van der Waals surface area contributed by atoms with E-state index in [1.165, 1.54) is 23.8 Å². The van der Waals surface area contributed by atoms with Gasteiger partial charge in [-0.25, -0.2) is 8.78 Å². The first-order valence-electron chi connectivity index (χ1n) is 15.5. The number of hydrogen-bond acceptors (Lipinski definition) is 5. The SMILES string of the molecule is CCCN(CCC)C(=O)c1cc(C#CCN)cc(C(=O)N[C@H](Cc2cc(F)cc(F)c2)[C@@H](O)CNCc2cccc(CC)c2)c1. The first kappa shape index (κ1) is 35.4. The largest absolute Gasteiger partial charge is 0.390 e. The van der Waals surface area contributed by atoms with Gasteiger partial charge in [-0.3, -0.25) is 9.59 Å². The molecule has 0 spiro atoms. The Bertz CT molecular complexity index is 1470. The highest BCUT2D eigenvalue weighted by molar-refractivity contribution is 6.00. The van der Waals surface area contributed by atoms with Crippen molar-refractivity contribution in [3.63, 3.8) is 0 Å². The number of nitrogens with one attached hydrogen (secondary N) is 2. The van der Waals surface area contributed by atoms with Gasteiger partial charge in [-0.15, -0.1) is 0 Å². The van der Waals surface area contributed by atoms with Crippen LogP contribution in [0, 0.1) is 23.5 Å². The van der Waals surface area contributed by atoms with Crippen LogP contribution in [0.25, 0.3) is 0 Å². The molecule has 3 aromatic rings. The van der Waals surface area contributed by atoms with Gasteiger partial charge in [-0.1, -0.05) is 56.9 Å². The summed E-state index contributed by atoms with van der Waals surface area (Å²) in [5, 5.41) is 17.3. The zero-order chi connectivity index (χ0) is 32.8. The fourth-order valence-corrected chi connectivity index (χ4v) is 5.13. The van der Waals surface area contributed by atoms with Crippen LogP contribution in [0.1, 0.15) is 76.6 Å². The number of aliphatic hydroxyl groups is 1. The predicted octanol–water partition coefficient (Wildman–Crippen LogP) is 4.59. The van der Waals surface area contributed by atoms with Crippen LogP contribution >= 0.6 is 0 Å². The van der Waals surface area contributed by atoms with E-state index in [1.807, 2.05) is 32.0 Å². The monoisotopic (exact) mass is 618 g/mol. The van der Waals surface area contributed by atoms with Gasteiger partial charge in [-0.2, -0.15) is 0 Å². The summed E-state index contributed by atoms with van der Waals surface area (Å²) < 4.78 is 28.1. The molecule has 3 aromatic carbocycles. The maximum absolute atomic E-state index is 14.0. The average Bonchev–Trinajstić information content (AvgIpc) is 3.02. The van der Waals surface area contributed by atoms with Crippen LogP contribution < -0.4 is 16.4 Å². The molecule has 7 nitrogen and oxygen atoms in total. The summed E-state index contributed by atoms with van der Waals surface area (Å²) in [6.07, 6.45) is 1.32. The van der Waals surface area contributed by atoms with Crippen molar-refractivity contribution in [3.05, 3.63) is 106 Å². The Kier molecular flexibility index (Phi) is 14.2. The number of aliphatic hydroxyl groups excluding tert-OH is 1. The third kappa shape index (κ3) is 11.1. The van der Waals surface area contributed by atoms with Crippen LogP contribution in [-0.2, 0) is 19.4 Å². The summed E-state index contributed by atoms with van der Waals surface area (Å²) in [6.45, 7) is 7.89. The Balaban J connectivity index is 1.89. The Morgan fingerprint density at radius 2 is 1.58 bits per heavy atom. The van der Waals surface area contributed by atoms with Gasteiger partial charge >= 0.3 is 0 Å². The van der Waals surface area contributed by atoms with Crippen LogP contribution in [0.3, 0.4) is 0 Å². The summed E-state index contributed by atoms with van der Waals surface area (Å²) in [7, 11) is 0. The molecule has 45 heavy (non-hydrogen) atoms. The van der Waals surface area contributed by atoms with E-state index in [9.17, 15) is 23.5 Å². The number of amides is 2. The lowest BCUT2D eigenvalue weighted by atomic mass is 9.99. The molecule has 0 aromatic heterocycles. The minimum absolute atomic E-state index is 0.0339. The highest BCUT2D eigenvalue weighted by Crippen LogP contribution is 2.16. The van der Waals surface area contributed by atoms with Gasteiger partial charge in [0.15, 0.2) is 0 Å². The fourth-order valence-electron chi connectivity index (χ4n) is 5.13. The average molecular weight is 619 g/mol. The van der Waals surface area contributed by atoms with Crippen molar-refractivity contribution in [2.75, 3.05) is 26.2 Å². The zero-order valence-electron chi connectivity index (χ0n) is 26.3. The second kappa shape index (κ2) is 18.0. The standard InChI is InChI=1S/C36H44F2N4O3/c1-4-13-42(14-5-2)36(45)30-17-26(11-8-12-39)16-29(21-30)35(44)41-33(20-28-18-31(37)22-32(38)19-28)34(43)24-40-23-27-10-7-9-25(6-3)15-27/h7,9-10,15-19,21-22,33-34,40,43H,4-6,12-14,20,23-24,39H2,1-3H3,(H,41,44)/t33-,34+/m1/s1. The molecule has 2 amide bonds. The molecule has 0 fully saturated rings. The van der Waals surface area contributed by atoms with Gasteiger partial charge in [0.1, 0.15) is 11.6 Å². The molecule has 0 heterocycles. The van der Waals surface area contributed by atoms with Gasteiger partial charge in [0.05, 0.1) is 18.7 Å². The number of hydrogen-bond donors (Lipinski definition) is 4. The smallest absolute Gasteiger partial charge is 0.253 e. The van der Waals surface area contributed by atoms with Crippen LogP contribution in [-0.4, -0.2) is 60.1 Å². The second-order valence-corrected chi connectivity index (χ2v) is 11.0. The van der Waals surface area contributed by atoms with Crippen molar-refractivity contribution in [1.29, 1.82) is 0 Å². The molecule has 0 unspecified atom stereocenters. The lowest BCUT2D eigenvalue weighted by molar-refractivity contribution is 0.0755. The number of carbonyl (C=O) groups excluding carboxylic acids is 2. The van der Waals surface area contributed by atoms with E-state index in [-0.39, 0.29) is 36.5 Å². The molecule has 3 rings (SSSR count). The summed E-state index contributed by atoms with van der Waals surface area (Å²) >= 11 is 0. The summed E-state index contributed by atoms with van der Waals surface area (Å²) in [4.78, 5) is 28.9. The lowest BCUT2D eigenvalue weighted by Crippen LogP contribution is -2.48. The molecule has 2 atom stereocenters. The van der Waals surface area contributed by atoms with Crippen LogP contribution in [0.4, 0.5) is 8.78 Å². The van der Waals surface area contributed by atoms with E-state index in [0.29, 0.717) is 30.8 Å². The normalized spacial score (nSPS) is 12.2. The zero-order valence-corrected chi connectivity index (χ0v) is 26.3. The summed E-state index contributed by atoms with van der Waals surface area (Å²) in [6, 6.07) is 15.0. The topological polar surface area (TPSA) is 108 Å². The number of rotatable bonds is 15. The van der Waals surface area contributed by atoms with E-state index < -0.39 is 29.7 Å². The van der Waals surface area contributed by atoms with Crippen LogP contribution in [0.15, 0.2) is 60.7 Å². The van der Waals surface area contributed by atoms with E-state index in [4.69, 9.17) is 5.73 Å². The molecule has 0 radical (unpaired) electrons. The number of carbonyl (C=O) groups is 2. The number of benzene rings is 3. The number of nitrogens with zero attached hydrogens (tertiary/aromatic N) is 1. The number of aryl methyl sites for hydroxylation is 1. The minimum atomic E-state index is -1.11. The maximum atomic E-state index is 14.0. The van der Waals surface area contributed by atoms with Crippen molar-refractivity contribution in [1.82, 2.24) is 15.5 Å². The molecule has 9 heteroatoms. The molecule has 5 N–H and O–H groups in total. The summed E-state index contributed by atoms with van der Waals surface area (Å²) in [5.74, 6) is 3.39. The number of halogens is 2. The molecule has 240 valence electrons. The van der Waals surface area contributed by atoms with E-state index in [0.717, 1.165) is 30.9 Å². The van der Waals surface area contributed by atoms with Crippen LogP contribution in [0.5, 0.6) is 0 Å². The van der Waals surface area contributed by atoms with Gasteiger partial charge in [0, 0.05) is 48.9 Å². The lowest BCUT2D eigenvalue weighted by Gasteiger charge is -2.25. The van der Waals surface area contributed by atoms with Crippen molar-refractivity contribution in [2.45, 2.75) is 65.1 Å². The molecular formula is C36H44F2N4O3. The van der Waals surface area contributed by atoms with E-state index >= 15 is 0 Å². The van der Waals surface area contributed by atoms with Gasteiger partial charge in [0.25, 0.3) is 11.8 Å². The van der Waals surface area contributed by atoms with Crippen molar-refractivity contribution in [2.24, 2.45) is 5.73 Å². The highest BCUT2D eigenvalue weighted by atomic mass is 19.1. The first-order valence-corrected chi connectivity index (χ1v) is 15.5. The van der Waals surface area contributed by atoms with Crippen molar-refractivity contribution >= 4 is 11.8 Å². The fraction of sp³-hybridized carbons (Fsp3) is 0.389. The van der Waals surface area contributed by atoms with Crippen molar-refractivity contribution < 1.29 is 23.5 Å². The summed E-state index contributed by atoms with van der Waals surface area (Å²) in [5.41, 5.74) is 9.01. The Labute approximate surface area is 265 Å². The molecule has 0 aliphatic carbocycles. The highest BCUT2D eigenvalue weighted by Gasteiger charge is 2.24. The van der Waals surface area contributed by atoms with Crippen molar-refractivity contribution in [3.8, 4) is 11.8 Å². The number of nitrogens with two attached hydrogens (primary N) is 1. The van der Waals surface area contributed by atoms with Gasteiger partial charge in [0.2, 0.25) is 0 Å². The van der Waals surface area contributed by atoms with E-state index in [2.05, 4.69) is 35.5 Å². The minimum Gasteiger partial charge on any atom is -0.390 e. The molecular weight excluding hydrogens is 574 g/mol. The van der Waals surface area contributed by atoms with E-state index in [1.54, 1.807) is 17.0 Å². The molecule has 0 saturated carbocycles. The van der Waals surface area contributed by atoms with Gasteiger partial charge in [-0.05, 0) is 72.7 Å². The van der Waals surface area contributed by atoms with Crippen LogP contribution in [0.2, 0.25) is 0 Å². The Hall–Kier alpha value is -4.10. The molecule has 0 saturated heterocycles.